The van der Waals surface area contributed by atoms with E-state index in [1.165, 1.54) is 15.9 Å². The van der Waals surface area contributed by atoms with Crippen molar-refractivity contribution in [2.75, 3.05) is 5.32 Å². The first-order valence-electron chi connectivity index (χ1n) is 9.34. The Balaban J connectivity index is 1.74. The van der Waals surface area contributed by atoms with Crippen molar-refractivity contribution in [3.8, 4) is 0 Å². The molecule has 0 spiro atoms. The lowest BCUT2D eigenvalue weighted by atomic mass is 10.1. The van der Waals surface area contributed by atoms with Crippen LogP contribution in [0.2, 0.25) is 0 Å². The van der Waals surface area contributed by atoms with Gasteiger partial charge in [0.2, 0.25) is 11.8 Å². The fraction of sp³-hybridized carbons (Fsp3) is 0.250. The summed E-state index contributed by atoms with van der Waals surface area (Å²) in [5, 5.41) is 5.34. The molecule has 1 aliphatic rings. The second-order valence-corrected chi connectivity index (χ2v) is 8.10. The second-order valence-electron chi connectivity index (χ2n) is 6.93. The summed E-state index contributed by atoms with van der Waals surface area (Å²) in [4.78, 5) is 55.3. The summed E-state index contributed by atoms with van der Waals surface area (Å²) in [5.41, 5.74) is 5.94. The highest BCUT2D eigenvalue weighted by Crippen LogP contribution is 2.25. The minimum absolute atomic E-state index is 0.155. The molecule has 1 unspecified atom stereocenters. The van der Waals surface area contributed by atoms with E-state index in [-0.39, 0.29) is 30.0 Å². The Morgan fingerprint density at radius 1 is 1.30 bits per heavy atom. The molecule has 3 heterocycles. The van der Waals surface area contributed by atoms with Gasteiger partial charge in [-0.1, -0.05) is 6.07 Å². The zero-order chi connectivity index (χ0) is 21.4. The van der Waals surface area contributed by atoms with E-state index in [0.29, 0.717) is 28.5 Å². The third kappa shape index (κ3) is 3.51. The first-order chi connectivity index (χ1) is 14.4. The van der Waals surface area contributed by atoms with E-state index >= 15 is 0 Å². The Labute approximate surface area is 174 Å². The average Bonchev–Trinajstić information content (AvgIpc) is 3.20. The number of rotatable bonds is 4. The van der Waals surface area contributed by atoms with Crippen LogP contribution in [0.4, 0.5) is 5.69 Å². The van der Waals surface area contributed by atoms with Crippen LogP contribution in [0.5, 0.6) is 0 Å². The van der Waals surface area contributed by atoms with Gasteiger partial charge < -0.3 is 11.1 Å². The van der Waals surface area contributed by atoms with E-state index in [2.05, 4.69) is 15.6 Å². The normalized spacial score (nSPS) is 16.5. The van der Waals surface area contributed by atoms with E-state index in [0.717, 1.165) is 4.88 Å². The molecule has 1 saturated heterocycles. The number of benzene rings is 1. The third-order valence-corrected chi connectivity index (χ3v) is 6.07. The highest BCUT2D eigenvalue weighted by Gasteiger charge is 2.30. The maximum absolute atomic E-state index is 13.2. The number of aromatic nitrogens is 2. The number of nitrogens with two attached hydrogens (primary N) is 1. The topological polar surface area (TPSA) is 136 Å². The molecular formula is C20H19N5O4S. The largest absolute Gasteiger partial charge is 0.326 e. The maximum atomic E-state index is 13.2. The van der Waals surface area contributed by atoms with E-state index in [1.807, 2.05) is 0 Å². The summed E-state index contributed by atoms with van der Waals surface area (Å²) in [5.74, 6) is -0.867. The monoisotopic (exact) mass is 425 g/mol. The molecule has 30 heavy (non-hydrogen) atoms. The summed E-state index contributed by atoms with van der Waals surface area (Å²) in [6.45, 7) is 1.97. The second kappa shape index (κ2) is 7.81. The molecule has 1 aliphatic heterocycles. The molecule has 9 nitrogen and oxygen atoms in total. The van der Waals surface area contributed by atoms with Crippen LogP contribution in [0.1, 0.15) is 39.3 Å². The number of carbonyl (C=O) groups is 3. The Bertz CT molecular complexity index is 1250. The van der Waals surface area contributed by atoms with Gasteiger partial charge in [0.15, 0.2) is 0 Å². The van der Waals surface area contributed by atoms with E-state index < -0.39 is 17.5 Å². The minimum Gasteiger partial charge on any atom is -0.326 e. The van der Waals surface area contributed by atoms with Crippen LogP contribution in [-0.4, -0.2) is 27.3 Å². The quantitative estimate of drug-likeness (QED) is 0.541. The molecule has 3 aromatic rings. The fourth-order valence-electron chi connectivity index (χ4n) is 3.52. The van der Waals surface area contributed by atoms with Crippen LogP contribution in [0.15, 0.2) is 35.1 Å². The predicted molar refractivity (Wildman–Crippen MR) is 112 cm³/mol. The van der Waals surface area contributed by atoms with Gasteiger partial charge in [-0.25, -0.2) is 4.98 Å². The van der Waals surface area contributed by atoms with Crippen molar-refractivity contribution in [1.29, 1.82) is 0 Å². The number of hydrogen-bond donors (Lipinski definition) is 3. The Morgan fingerprint density at radius 3 is 2.80 bits per heavy atom. The van der Waals surface area contributed by atoms with Gasteiger partial charge in [0, 0.05) is 17.8 Å². The van der Waals surface area contributed by atoms with E-state index in [1.54, 1.807) is 37.3 Å². The highest BCUT2D eigenvalue weighted by molar-refractivity contribution is 7.14. The van der Waals surface area contributed by atoms with Gasteiger partial charge in [-0.05, 0) is 37.6 Å². The number of nitrogens with one attached hydrogen (secondary N) is 2. The lowest BCUT2D eigenvalue weighted by molar-refractivity contribution is -0.135. The van der Waals surface area contributed by atoms with Crippen molar-refractivity contribution in [3.05, 3.63) is 56.3 Å². The molecule has 154 valence electrons. The van der Waals surface area contributed by atoms with Gasteiger partial charge in [0.05, 0.1) is 16.0 Å². The van der Waals surface area contributed by atoms with Crippen molar-refractivity contribution < 1.29 is 14.4 Å². The average molecular weight is 425 g/mol. The van der Waals surface area contributed by atoms with Crippen LogP contribution in [0.25, 0.3) is 10.9 Å². The number of nitrogens with zero attached hydrogens (tertiary/aromatic N) is 2. The molecule has 3 amide bonds. The minimum atomic E-state index is -0.800. The van der Waals surface area contributed by atoms with Gasteiger partial charge in [-0.15, -0.1) is 11.3 Å². The van der Waals surface area contributed by atoms with Gasteiger partial charge in [-0.3, -0.25) is 29.1 Å². The van der Waals surface area contributed by atoms with Crippen LogP contribution < -0.4 is 21.9 Å². The lowest BCUT2D eigenvalue weighted by Crippen LogP contribution is -2.45. The Hall–Kier alpha value is -3.37. The zero-order valence-corrected chi connectivity index (χ0v) is 16.9. The number of imide groups is 1. The first kappa shape index (κ1) is 19.9. The van der Waals surface area contributed by atoms with Crippen LogP contribution in [0, 0.1) is 6.92 Å². The van der Waals surface area contributed by atoms with Crippen molar-refractivity contribution >= 4 is 45.6 Å². The number of amides is 3. The van der Waals surface area contributed by atoms with Crippen LogP contribution in [0.3, 0.4) is 0 Å². The van der Waals surface area contributed by atoms with Crippen LogP contribution in [-0.2, 0) is 16.1 Å². The number of anilines is 1. The van der Waals surface area contributed by atoms with Crippen molar-refractivity contribution in [2.24, 2.45) is 5.73 Å². The van der Waals surface area contributed by atoms with Crippen molar-refractivity contribution in [3.63, 3.8) is 0 Å². The summed E-state index contributed by atoms with van der Waals surface area (Å²) < 4.78 is 1.31. The summed E-state index contributed by atoms with van der Waals surface area (Å²) in [6, 6.07) is 7.60. The number of thiophene rings is 1. The fourth-order valence-corrected chi connectivity index (χ4v) is 4.30. The molecular weight excluding hydrogens is 406 g/mol. The Morgan fingerprint density at radius 2 is 2.10 bits per heavy atom. The zero-order valence-electron chi connectivity index (χ0n) is 16.1. The van der Waals surface area contributed by atoms with Crippen LogP contribution >= 0.6 is 11.3 Å². The van der Waals surface area contributed by atoms with Crippen molar-refractivity contribution in [2.45, 2.75) is 32.4 Å². The molecule has 4 N–H and O–H groups in total. The van der Waals surface area contributed by atoms with Crippen molar-refractivity contribution in [1.82, 2.24) is 14.9 Å². The lowest BCUT2D eigenvalue weighted by Gasteiger charge is -2.24. The number of piperidine rings is 1. The standard InChI is InChI=1S/C20H19N5O4S/c1-10-22-17-12(20(29)25(10)14-6-8-16(26)24-18(14)27)3-2-4-13(17)23-19(28)15-7-5-11(9-21)30-15/h2-5,7,14H,6,8-9,21H2,1H3,(H,23,28)(H,24,26,27). The molecule has 4 rings (SSSR count). The SMILES string of the molecule is Cc1nc2c(NC(=O)c3ccc(CN)s3)cccc2c(=O)n1C1CCC(=O)NC1=O. The molecule has 0 bridgehead atoms. The predicted octanol–water partition coefficient (Wildman–Crippen LogP) is 1.46. The molecule has 0 aliphatic carbocycles. The van der Waals surface area contributed by atoms with Gasteiger partial charge in [0.1, 0.15) is 17.4 Å². The molecule has 2 aromatic heterocycles. The molecule has 0 radical (unpaired) electrons. The van der Waals surface area contributed by atoms with Gasteiger partial charge >= 0.3 is 0 Å². The van der Waals surface area contributed by atoms with E-state index in [9.17, 15) is 19.2 Å². The third-order valence-electron chi connectivity index (χ3n) is 4.96. The van der Waals surface area contributed by atoms with E-state index in [4.69, 9.17) is 5.73 Å². The van der Waals surface area contributed by atoms with Gasteiger partial charge in [-0.2, -0.15) is 0 Å². The molecule has 1 atom stereocenters. The molecule has 1 fully saturated rings. The number of fused-ring (bicyclic) bond motifs is 1. The molecule has 0 saturated carbocycles. The summed E-state index contributed by atoms with van der Waals surface area (Å²) >= 11 is 1.30. The number of aryl methyl sites for hydroxylation is 1. The van der Waals surface area contributed by atoms with Gasteiger partial charge in [0.25, 0.3) is 11.5 Å². The maximum Gasteiger partial charge on any atom is 0.265 e. The number of hydrogen-bond acceptors (Lipinski definition) is 7. The highest BCUT2D eigenvalue weighted by atomic mass is 32.1. The molecule has 10 heteroatoms. The molecule has 1 aromatic carbocycles. The number of carbonyl (C=O) groups excluding carboxylic acids is 3. The first-order valence-corrected chi connectivity index (χ1v) is 10.2. The smallest absolute Gasteiger partial charge is 0.265 e. The summed E-state index contributed by atoms with van der Waals surface area (Å²) in [6.07, 6.45) is 0.388. The summed E-state index contributed by atoms with van der Waals surface area (Å²) in [7, 11) is 0. The number of para-hydroxylation sites is 1. The Kier molecular flexibility index (Phi) is 5.18.